The highest BCUT2D eigenvalue weighted by Crippen LogP contribution is 2.36. The molecule has 3 aromatic carbocycles. The Hall–Kier alpha value is -3.75. The largest absolute Gasteiger partial charge is 0.481 e. The van der Waals surface area contributed by atoms with Crippen molar-refractivity contribution in [1.29, 1.82) is 0 Å². The van der Waals surface area contributed by atoms with E-state index in [1.807, 2.05) is 36.4 Å². The van der Waals surface area contributed by atoms with Crippen LogP contribution >= 0.6 is 23.1 Å². The molecule has 0 spiro atoms. The quantitative estimate of drug-likeness (QED) is 0.261. The van der Waals surface area contributed by atoms with Crippen molar-refractivity contribution in [1.82, 2.24) is 4.37 Å². The van der Waals surface area contributed by atoms with Gasteiger partial charge < -0.3 is 9.84 Å². The second-order valence-electron chi connectivity index (χ2n) is 8.12. The van der Waals surface area contributed by atoms with Crippen LogP contribution in [-0.4, -0.2) is 21.5 Å². The van der Waals surface area contributed by atoms with E-state index in [-0.39, 0.29) is 12.0 Å². The van der Waals surface area contributed by atoms with Gasteiger partial charge in [-0.1, -0.05) is 66.2 Å². The number of carboxylic acids is 1. The maximum atomic E-state index is 14.3. The second kappa shape index (κ2) is 10.9. The lowest BCUT2D eigenvalue weighted by Crippen LogP contribution is -2.16. The maximum Gasteiger partial charge on any atom is 0.412 e. The van der Waals surface area contributed by atoms with Crippen LogP contribution in [0.4, 0.5) is 14.9 Å². The number of rotatable bonds is 7. The number of nitrogens with one attached hydrogen (secondary N) is 1. The minimum atomic E-state index is -1.09. The van der Waals surface area contributed by atoms with E-state index in [2.05, 4.69) is 9.69 Å². The van der Waals surface area contributed by atoms with Crippen LogP contribution in [0.2, 0.25) is 5.02 Å². The van der Waals surface area contributed by atoms with E-state index in [0.717, 1.165) is 16.0 Å². The van der Waals surface area contributed by atoms with Crippen LogP contribution in [0.25, 0.3) is 21.6 Å². The monoisotopic (exact) mass is 524 g/mol. The predicted molar refractivity (Wildman–Crippen MR) is 139 cm³/mol. The molecule has 0 bridgehead atoms. The van der Waals surface area contributed by atoms with Gasteiger partial charge in [0.15, 0.2) is 0 Å². The molecule has 0 fully saturated rings. The minimum Gasteiger partial charge on any atom is -0.481 e. The summed E-state index contributed by atoms with van der Waals surface area (Å²) in [6, 6.07) is 19.0. The van der Waals surface area contributed by atoms with Crippen molar-refractivity contribution in [2.75, 3.05) is 5.32 Å². The van der Waals surface area contributed by atoms with Crippen LogP contribution in [0.1, 0.15) is 29.8 Å². The van der Waals surface area contributed by atoms with Gasteiger partial charge in [-0.15, -0.1) is 0 Å². The van der Waals surface area contributed by atoms with Crippen LogP contribution in [0.5, 0.6) is 0 Å². The molecule has 36 heavy (non-hydrogen) atoms. The molecule has 1 atom stereocenters. The molecule has 0 saturated heterocycles. The number of hydrogen-bond acceptors (Lipinski definition) is 5. The molecule has 4 rings (SSSR count). The van der Waals surface area contributed by atoms with Crippen molar-refractivity contribution in [2.24, 2.45) is 0 Å². The molecule has 0 aliphatic rings. The molecule has 6 nitrogen and oxygen atoms in total. The number of halogens is 2. The fourth-order valence-corrected chi connectivity index (χ4v) is 4.86. The number of aliphatic carboxylic acids is 1. The third-order valence-electron chi connectivity index (χ3n) is 5.59. The summed E-state index contributed by atoms with van der Waals surface area (Å²) in [5.74, 6) is -1.65. The number of benzene rings is 3. The number of carbonyl (C=O) groups excluding carboxylic acids is 1. The molecule has 2 N–H and O–H groups in total. The zero-order chi connectivity index (χ0) is 25.8. The van der Waals surface area contributed by atoms with Crippen LogP contribution in [0, 0.1) is 12.7 Å². The molecule has 184 valence electrons. The molecule has 0 aliphatic carbocycles. The van der Waals surface area contributed by atoms with Gasteiger partial charge in [-0.05, 0) is 59.8 Å². The highest BCUT2D eigenvalue weighted by Gasteiger charge is 2.19. The normalized spacial score (nSPS) is 11.7. The van der Waals surface area contributed by atoms with Crippen molar-refractivity contribution in [2.45, 2.75) is 26.4 Å². The van der Waals surface area contributed by atoms with Gasteiger partial charge in [-0.3, -0.25) is 10.1 Å². The van der Waals surface area contributed by atoms with E-state index in [1.165, 1.54) is 23.7 Å². The summed E-state index contributed by atoms with van der Waals surface area (Å²) in [6.45, 7) is 3.54. The number of carbonyl (C=O) groups is 2. The fraction of sp³-hybridized carbons (Fsp3) is 0.148. The number of aromatic nitrogens is 1. The molecular formula is C27H22ClFN2O4S. The zero-order valence-electron chi connectivity index (χ0n) is 19.4. The summed E-state index contributed by atoms with van der Waals surface area (Å²) in [4.78, 5) is 24.3. The van der Waals surface area contributed by atoms with Crippen molar-refractivity contribution in [3.8, 4) is 21.6 Å². The summed E-state index contributed by atoms with van der Waals surface area (Å²) in [5, 5.41) is 12.2. The molecule has 9 heteroatoms. The summed E-state index contributed by atoms with van der Waals surface area (Å²) >= 11 is 7.45. The van der Waals surface area contributed by atoms with Crippen molar-refractivity contribution in [3.05, 3.63) is 94.4 Å². The van der Waals surface area contributed by atoms with Gasteiger partial charge in [0.2, 0.25) is 0 Å². The van der Waals surface area contributed by atoms with Gasteiger partial charge in [-0.2, -0.15) is 4.37 Å². The van der Waals surface area contributed by atoms with Gasteiger partial charge in [-0.25, -0.2) is 9.18 Å². The highest BCUT2D eigenvalue weighted by atomic mass is 35.5. The Bertz CT molecular complexity index is 1420. The summed E-state index contributed by atoms with van der Waals surface area (Å²) < 4.78 is 24.2. The van der Waals surface area contributed by atoms with Crippen LogP contribution in [0.3, 0.4) is 0 Å². The SMILES string of the molecule is Cc1nsc(-c2ccc(-c3ccc(CC(=O)O)c(F)c3)cc2)c1NC(=O)O[C@H](C)c1ccccc1Cl. The Morgan fingerprint density at radius 2 is 1.75 bits per heavy atom. The van der Waals surface area contributed by atoms with E-state index in [1.54, 1.807) is 32.0 Å². The van der Waals surface area contributed by atoms with E-state index in [0.29, 0.717) is 27.5 Å². The van der Waals surface area contributed by atoms with E-state index < -0.39 is 24.0 Å². The fourth-order valence-electron chi connectivity index (χ4n) is 3.72. The zero-order valence-corrected chi connectivity index (χ0v) is 21.0. The second-order valence-corrected chi connectivity index (χ2v) is 9.30. The first kappa shape index (κ1) is 25.3. The third-order valence-corrected chi connectivity index (χ3v) is 6.92. The number of carboxylic acid groups (broad SMARTS) is 1. The van der Waals surface area contributed by atoms with Gasteiger partial charge >= 0.3 is 12.1 Å². The Morgan fingerprint density at radius 1 is 1.08 bits per heavy atom. The lowest BCUT2D eigenvalue weighted by Gasteiger charge is -2.16. The number of nitrogens with zero attached hydrogens (tertiary/aromatic N) is 1. The number of ether oxygens (including phenoxy) is 1. The average Bonchev–Trinajstić information content (AvgIpc) is 3.20. The Labute approximate surface area is 216 Å². The Balaban J connectivity index is 1.50. The van der Waals surface area contributed by atoms with Gasteiger partial charge in [0, 0.05) is 10.6 Å². The van der Waals surface area contributed by atoms with Crippen molar-refractivity contribution < 1.29 is 23.8 Å². The smallest absolute Gasteiger partial charge is 0.412 e. The molecule has 0 aliphatic heterocycles. The predicted octanol–water partition coefficient (Wildman–Crippen LogP) is 7.51. The number of anilines is 1. The molecule has 1 amide bonds. The van der Waals surface area contributed by atoms with Crippen molar-refractivity contribution in [3.63, 3.8) is 0 Å². The van der Waals surface area contributed by atoms with E-state index in [9.17, 15) is 14.0 Å². The molecule has 0 unspecified atom stereocenters. The topological polar surface area (TPSA) is 88.5 Å². The lowest BCUT2D eigenvalue weighted by molar-refractivity contribution is -0.136. The molecule has 4 aromatic rings. The molecule has 1 aromatic heterocycles. The minimum absolute atomic E-state index is 0.134. The van der Waals surface area contributed by atoms with Gasteiger partial charge in [0.1, 0.15) is 11.9 Å². The first-order chi connectivity index (χ1) is 17.2. The van der Waals surface area contributed by atoms with Crippen LogP contribution in [-0.2, 0) is 16.0 Å². The first-order valence-corrected chi connectivity index (χ1v) is 12.2. The van der Waals surface area contributed by atoms with E-state index in [4.69, 9.17) is 21.4 Å². The molecule has 0 saturated carbocycles. The van der Waals surface area contributed by atoms with Crippen LogP contribution in [0.15, 0.2) is 66.7 Å². The van der Waals surface area contributed by atoms with Gasteiger partial charge in [0.05, 0.1) is 22.7 Å². The van der Waals surface area contributed by atoms with Crippen molar-refractivity contribution >= 4 is 40.9 Å². The number of amides is 1. The Morgan fingerprint density at radius 3 is 2.42 bits per heavy atom. The first-order valence-electron chi connectivity index (χ1n) is 11.0. The lowest BCUT2D eigenvalue weighted by atomic mass is 10.0. The summed E-state index contributed by atoms with van der Waals surface area (Å²) in [6.07, 6.45) is -1.54. The number of aryl methyl sites for hydroxylation is 1. The highest BCUT2D eigenvalue weighted by molar-refractivity contribution is 7.10. The Kier molecular flexibility index (Phi) is 7.67. The molecule has 0 radical (unpaired) electrons. The molecule has 1 heterocycles. The van der Waals surface area contributed by atoms with Crippen LogP contribution < -0.4 is 5.32 Å². The third kappa shape index (κ3) is 5.72. The standard InChI is InChI=1S/C27H22ClFN2O4S/c1-15-25(30-27(34)35-16(2)21-5-3-4-6-22(21)28)26(36-31-15)18-9-7-17(8-10-18)19-11-12-20(14-24(32)33)23(29)13-19/h3-13,16H,14H2,1-2H3,(H,30,34)(H,32,33)/t16-/m1/s1. The van der Waals surface area contributed by atoms with Gasteiger partial charge in [0.25, 0.3) is 0 Å². The maximum absolute atomic E-state index is 14.3. The average molecular weight is 525 g/mol. The summed E-state index contributed by atoms with van der Waals surface area (Å²) in [7, 11) is 0. The number of hydrogen-bond donors (Lipinski definition) is 2. The van der Waals surface area contributed by atoms with E-state index >= 15 is 0 Å². The summed E-state index contributed by atoms with van der Waals surface area (Å²) in [5.41, 5.74) is 4.26. The molecular weight excluding hydrogens is 503 g/mol.